The van der Waals surface area contributed by atoms with Gasteiger partial charge < -0.3 is 0 Å². The van der Waals surface area contributed by atoms with Crippen molar-refractivity contribution in [3.63, 3.8) is 0 Å². The summed E-state index contributed by atoms with van der Waals surface area (Å²) < 4.78 is 2.48. The molecule has 0 aliphatic heterocycles. The quantitative estimate of drug-likeness (QED) is 0.180. The van der Waals surface area contributed by atoms with Crippen LogP contribution in [0.1, 0.15) is 0 Å². The Bertz CT molecular complexity index is 2890. The maximum absolute atomic E-state index is 5.19. The number of fused-ring (bicyclic) bond motifs is 7. The molecular weight excluding hydrogens is 615 g/mol. The molecule has 0 spiro atoms. The molecule has 3 heterocycles. The Kier molecular flexibility index (Phi) is 6.36. The molecule has 0 atom stereocenters. The van der Waals surface area contributed by atoms with E-state index in [0.29, 0.717) is 5.82 Å². The van der Waals surface area contributed by atoms with Gasteiger partial charge in [-0.25, -0.2) is 15.0 Å². The highest BCUT2D eigenvalue weighted by Crippen LogP contribution is 2.38. The normalized spacial score (nSPS) is 11.7. The topological polar surface area (TPSA) is 38.7 Å². The number of nitrogens with zero attached hydrogens (tertiary/aromatic N) is 3. The monoisotopic (exact) mass is 641 g/mol. The van der Waals surface area contributed by atoms with Crippen LogP contribution in [0, 0.1) is 0 Å². The second-order valence-corrected chi connectivity index (χ2v) is 13.5. The van der Waals surface area contributed by atoms with Gasteiger partial charge in [-0.1, -0.05) is 121 Å². The Labute approximate surface area is 286 Å². The van der Waals surface area contributed by atoms with Crippen LogP contribution in [0.4, 0.5) is 0 Å². The lowest BCUT2D eigenvalue weighted by Crippen LogP contribution is -1.97. The summed E-state index contributed by atoms with van der Waals surface area (Å²) in [4.78, 5) is 15.4. The molecule has 3 nitrogen and oxygen atoms in total. The second kappa shape index (κ2) is 11.2. The fraction of sp³-hybridized carbons (Fsp3) is 0. The molecule has 0 fully saturated rings. The Morgan fingerprint density at radius 3 is 1.96 bits per heavy atom. The first kappa shape index (κ1) is 27.8. The second-order valence-electron chi connectivity index (χ2n) is 12.4. The molecule has 0 saturated carbocycles. The van der Waals surface area contributed by atoms with Gasteiger partial charge >= 0.3 is 0 Å². The molecule has 0 saturated heterocycles. The lowest BCUT2D eigenvalue weighted by atomic mass is 9.94. The average Bonchev–Trinajstić information content (AvgIpc) is 3.54. The predicted molar refractivity (Wildman–Crippen MR) is 207 cm³/mol. The summed E-state index contributed by atoms with van der Waals surface area (Å²) in [6.45, 7) is 0. The maximum atomic E-state index is 5.19. The lowest BCUT2D eigenvalue weighted by Gasteiger charge is -2.14. The summed E-state index contributed by atoms with van der Waals surface area (Å²) in [5.74, 6) is 0.708. The average molecular weight is 642 g/mol. The van der Waals surface area contributed by atoms with Crippen LogP contribution in [0.2, 0.25) is 0 Å². The van der Waals surface area contributed by atoms with Crippen molar-refractivity contribution >= 4 is 64.1 Å². The van der Waals surface area contributed by atoms with E-state index in [2.05, 4.69) is 146 Å². The molecule has 0 amide bonds. The molecule has 49 heavy (non-hydrogen) atoms. The van der Waals surface area contributed by atoms with E-state index in [9.17, 15) is 0 Å². The fourth-order valence-corrected chi connectivity index (χ4v) is 8.15. The Hall–Kier alpha value is -6.23. The smallest absolute Gasteiger partial charge is 0.160 e. The van der Waals surface area contributed by atoms with Crippen LogP contribution >= 0.6 is 11.3 Å². The number of pyridine rings is 1. The third kappa shape index (κ3) is 4.76. The van der Waals surface area contributed by atoms with Gasteiger partial charge in [-0.15, -0.1) is 11.3 Å². The van der Waals surface area contributed by atoms with Gasteiger partial charge in [0, 0.05) is 32.2 Å². The number of benzene rings is 7. The number of rotatable bonds is 4. The van der Waals surface area contributed by atoms with Gasteiger partial charge in [0.05, 0.1) is 27.1 Å². The molecule has 0 aliphatic carbocycles. The van der Waals surface area contributed by atoms with Crippen LogP contribution in [-0.2, 0) is 0 Å². The summed E-state index contributed by atoms with van der Waals surface area (Å²) in [7, 11) is 0. The number of thiophene rings is 1. The zero-order valence-corrected chi connectivity index (χ0v) is 27.2. The van der Waals surface area contributed by atoms with Gasteiger partial charge in [0.25, 0.3) is 0 Å². The van der Waals surface area contributed by atoms with Gasteiger partial charge in [0.15, 0.2) is 5.82 Å². The SMILES string of the molecule is c1ccc(-c2nc(-c3cccc(-c4ccc5nc6c(cc5c4)sc4ccccc46)c3)cc(-c3cc4ccccc4c4ccccc34)n2)cc1. The van der Waals surface area contributed by atoms with Gasteiger partial charge in [-0.3, -0.25) is 0 Å². The van der Waals surface area contributed by atoms with Crippen LogP contribution in [-0.4, -0.2) is 15.0 Å². The molecule has 0 radical (unpaired) electrons. The first-order chi connectivity index (χ1) is 24.2. The van der Waals surface area contributed by atoms with Crippen molar-refractivity contribution in [2.45, 2.75) is 0 Å². The van der Waals surface area contributed by atoms with Crippen LogP contribution in [0.25, 0.3) is 97.8 Å². The molecule has 4 heteroatoms. The number of hydrogen-bond acceptors (Lipinski definition) is 4. The molecule has 3 aromatic heterocycles. The van der Waals surface area contributed by atoms with E-state index < -0.39 is 0 Å². The predicted octanol–water partition coefficient (Wildman–Crippen LogP) is 12.4. The molecule has 0 aliphatic rings. The molecule has 10 rings (SSSR count). The minimum atomic E-state index is 0.708. The van der Waals surface area contributed by atoms with E-state index in [1.165, 1.54) is 36.3 Å². The van der Waals surface area contributed by atoms with Gasteiger partial charge in [0.2, 0.25) is 0 Å². The summed E-state index contributed by atoms with van der Waals surface area (Å²) in [6, 6.07) is 57.9. The van der Waals surface area contributed by atoms with E-state index in [4.69, 9.17) is 15.0 Å². The van der Waals surface area contributed by atoms with Crippen molar-refractivity contribution in [2.24, 2.45) is 0 Å². The minimum absolute atomic E-state index is 0.708. The fourth-order valence-electron chi connectivity index (χ4n) is 7.05. The summed E-state index contributed by atoms with van der Waals surface area (Å²) >= 11 is 1.80. The van der Waals surface area contributed by atoms with Crippen molar-refractivity contribution in [3.05, 3.63) is 164 Å². The van der Waals surface area contributed by atoms with Gasteiger partial charge in [0.1, 0.15) is 0 Å². The van der Waals surface area contributed by atoms with Crippen LogP contribution in [0.15, 0.2) is 164 Å². The Morgan fingerprint density at radius 2 is 1.06 bits per heavy atom. The molecule has 10 aromatic rings. The number of aromatic nitrogens is 3. The van der Waals surface area contributed by atoms with Crippen molar-refractivity contribution in [1.29, 1.82) is 0 Å². The highest BCUT2D eigenvalue weighted by Gasteiger charge is 2.15. The Balaban J connectivity index is 1.13. The first-order valence-corrected chi connectivity index (χ1v) is 17.3. The van der Waals surface area contributed by atoms with E-state index in [1.54, 1.807) is 11.3 Å². The van der Waals surface area contributed by atoms with E-state index in [0.717, 1.165) is 55.6 Å². The first-order valence-electron chi connectivity index (χ1n) is 16.4. The largest absolute Gasteiger partial charge is 0.246 e. The van der Waals surface area contributed by atoms with Crippen LogP contribution in [0.5, 0.6) is 0 Å². The van der Waals surface area contributed by atoms with Crippen molar-refractivity contribution in [2.75, 3.05) is 0 Å². The third-order valence-electron chi connectivity index (χ3n) is 9.44. The summed E-state index contributed by atoms with van der Waals surface area (Å²) in [6.07, 6.45) is 0. The van der Waals surface area contributed by atoms with Gasteiger partial charge in [-0.05, 0) is 75.1 Å². The van der Waals surface area contributed by atoms with Crippen LogP contribution < -0.4 is 0 Å². The summed E-state index contributed by atoms with van der Waals surface area (Å²) in [5, 5.41) is 7.19. The maximum Gasteiger partial charge on any atom is 0.160 e. The van der Waals surface area contributed by atoms with Gasteiger partial charge in [-0.2, -0.15) is 0 Å². The van der Waals surface area contributed by atoms with E-state index in [1.807, 2.05) is 18.2 Å². The Morgan fingerprint density at radius 1 is 0.367 bits per heavy atom. The number of hydrogen-bond donors (Lipinski definition) is 0. The molecule has 0 bridgehead atoms. The zero-order chi connectivity index (χ0) is 32.3. The standard InChI is InChI=1S/C45H27N3S/c1-2-11-28(12-3-1)45-47-40(27-41(48-45)38-25-31-13-4-5-16-34(31)35-17-6-7-18-36(35)38)32-15-10-14-29(23-32)30-21-22-39-33(24-30)26-43-44(46-39)37-19-8-9-20-42(37)49-43/h1-27H. The molecule has 228 valence electrons. The zero-order valence-electron chi connectivity index (χ0n) is 26.3. The highest BCUT2D eigenvalue weighted by atomic mass is 32.1. The molecule has 0 unspecified atom stereocenters. The molecule has 7 aromatic carbocycles. The van der Waals surface area contributed by atoms with E-state index >= 15 is 0 Å². The highest BCUT2D eigenvalue weighted by molar-refractivity contribution is 7.25. The third-order valence-corrected chi connectivity index (χ3v) is 10.5. The van der Waals surface area contributed by atoms with Crippen molar-refractivity contribution in [1.82, 2.24) is 15.0 Å². The van der Waals surface area contributed by atoms with Crippen molar-refractivity contribution < 1.29 is 0 Å². The molecular formula is C45H27N3S. The van der Waals surface area contributed by atoms with E-state index in [-0.39, 0.29) is 0 Å². The minimum Gasteiger partial charge on any atom is -0.246 e. The van der Waals surface area contributed by atoms with Crippen LogP contribution in [0.3, 0.4) is 0 Å². The molecule has 0 N–H and O–H groups in total. The lowest BCUT2D eigenvalue weighted by molar-refractivity contribution is 1.19. The summed E-state index contributed by atoms with van der Waals surface area (Å²) in [5.41, 5.74) is 9.28. The van der Waals surface area contributed by atoms with Crippen molar-refractivity contribution in [3.8, 4) is 45.0 Å².